The third kappa shape index (κ3) is 3.73. The zero-order valence-corrected chi connectivity index (χ0v) is 15.2. The summed E-state index contributed by atoms with van der Waals surface area (Å²) in [7, 11) is -4.26. The molecule has 150 valence electrons. The van der Waals surface area contributed by atoms with E-state index >= 15 is 0 Å². The standard InChI is InChI=1S/C13H20N6O7S/c1-13(2,22)9-6-10(14)16-4-17-11(6)19(18-9)12-8(21)7(20)5(26-12)3-25-27(15,23)24/h4-5,7-8,12,20-22H,3H2,1-2H3,(H2,14,16,17)(H2,15,23,24)/t5-,7-,8-,12-/m1/s1. The third-order valence-electron chi connectivity index (χ3n) is 4.07. The van der Waals surface area contributed by atoms with Crippen LogP contribution >= 0.6 is 0 Å². The van der Waals surface area contributed by atoms with Crippen LogP contribution in [-0.2, 0) is 24.8 Å². The second-order valence-electron chi connectivity index (χ2n) is 6.63. The van der Waals surface area contributed by atoms with E-state index in [1.807, 2.05) is 0 Å². The lowest BCUT2D eigenvalue weighted by molar-refractivity contribution is -0.0536. The zero-order chi connectivity index (χ0) is 20.1. The van der Waals surface area contributed by atoms with Gasteiger partial charge in [-0.05, 0) is 13.8 Å². The predicted octanol–water partition coefficient (Wildman–Crippen LogP) is -2.52. The summed E-state index contributed by atoms with van der Waals surface area (Å²) in [6.07, 6.45) is -4.26. The molecule has 1 aliphatic rings. The van der Waals surface area contributed by atoms with Crippen molar-refractivity contribution >= 4 is 27.2 Å². The van der Waals surface area contributed by atoms with E-state index in [0.717, 1.165) is 4.68 Å². The molecule has 3 rings (SSSR count). The van der Waals surface area contributed by atoms with Gasteiger partial charge in [0.2, 0.25) is 0 Å². The van der Waals surface area contributed by atoms with Gasteiger partial charge in [0.15, 0.2) is 11.9 Å². The van der Waals surface area contributed by atoms with Crippen LogP contribution in [0.25, 0.3) is 11.0 Å². The van der Waals surface area contributed by atoms with Crippen LogP contribution in [0.5, 0.6) is 0 Å². The molecule has 1 aliphatic heterocycles. The van der Waals surface area contributed by atoms with Gasteiger partial charge in [-0.2, -0.15) is 13.5 Å². The van der Waals surface area contributed by atoms with Crippen molar-refractivity contribution in [3.8, 4) is 0 Å². The van der Waals surface area contributed by atoms with E-state index in [1.54, 1.807) is 0 Å². The smallest absolute Gasteiger partial charge is 0.333 e. The number of nitrogen functional groups attached to an aromatic ring is 1. The molecule has 0 radical (unpaired) electrons. The number of aliphatic hydroxyl groups excluding tert-OH is 2. The first-order valence-electron chi connectivity index (χ1n) is 7.80. The van der Waals surface area contributed by atoms with E-state index < -0.39 is 47.1 Å². The molecule has 0 unspecified atom stereocenters. The number of nitrogens with two attached hydrogens (primary N) is 2. The number of anilines is 1. The van der Waals surface area contributed by atoms with Crippen molar-refractivity contribution in [2.75, 3.05) is 12.3 Å². The number of rotatable bonds is 5. The lowest BCUT2D eigenvalue weighted by Gasteiger charge is -2.17. The summed E-state index contributed by atoms with van der Waals surface area (Å²) in [6, 6.07) is 0. The summed E-state index contributed by atoms with van der Waals surface area (Å²) >= 11 is 0. The van der Waals surface area contributed by atoms with Crippen LogP contribution in [0.2, 0.25) is 0 Å². The third-order valence-corrected chi connectivity index (χ3v) is 4.54. The summed E-state index contributed by atoms with van der Waals surface area (Å²) in [6.45, 7) is 2.35. The highest BCUT2D eigenvalue weighted by atomic mass is 32.2. The maximum atomic E-state index is 10.9. The van der Waals surface area contributed by atoms with Crippen molar-refractivity contribution in [2.24, 2.45) is 5.14 Å². The van der Waals surface area contributed by atoms with Gasteiger partial charge in [0, 0.05) is 0 Å². The fourth-order valence-electron chi connectivity index (χ4n) is 2.83. The molecule has 2 aromatic rings. The van der Waals surface area contributed by atoms with Gasteiger partial charge < -0.3 is 25.8 Å². The summed E-state index contributed by atoms with van der Waals surface area (Å²) in [5.74, 6) is 0.0607. The van der Waals surface area contributed by atoms with Gasteiger partial charge in [-0.3, -0.25) is 4.18 Å². The Morgan fingerprint density at radius 2 is 2.00 bits per heavy atom. The molecule has 1 saturated heterocycles. The van der Waals surface area contributed by atoms with Gasteiger partial charge in [-0.25, -0.2) is 19.8 Å². The molecule has 0 amide bonds. The molecular formula is C13H20N6O7S. The van der Waals surface area contributed by atoms with Crippen LogP contribution < -0.4 is 10.9 Å². The first-order valence-corrected chi connectivity index (χ1v) is 9.27. The van der Waals surface area contributed by atoms with Crippen molar-refractivity contribution in [1.82, 2.24) is 19.7 Å². The molecule has 13 nitrogen and oxygen atoms in total. The van der Waals surface area contributed by atoms with E-state index in [0.29, 0.717) is 0 Å². The minimum atomic E-state index is -4.26. The molecule has 2 aromatic heterocycles. The maximum absolute atomic E-state index is 10.9. The Morgan fingerprint density at radius 1 is 1.33 bits per heavy atom. The van der Waals surface area contributed by atoms with Crippen molar-refractivity contribution in [3.63, 3.8) is 0 Å². The summed E-state index contributed by atoms with van der Waals surface area (Å²) in [4.78, 5) is 7.94. The highest BCUT2D eigenvalue weighted by Gasteiger charge is 2.46. The van der Waals surface area contributed by atoms with Gasteiger partial charge in [-0.1, -0.05) is 0 Å². The van der Waals surface area contributed by atoms with Crippen molar-refractivity contribution < 1.29 is 32.7 Å². The molecule has 0 saturated carbocycles. The summed E-state index contributed by atoms with van der Waals surface area (Å²) < 4.78 is 32.9. The van der Waals surface area contributed by atoms with E-state index in [2.05, 4.69) is 19.2 Å². The molecule has 0 bridgehead atoms. The van der Waals surface area contributed by atoms with E-state index in [1.165, 1.54) is 20.2 Å². The molecule has 4 atom stereocenters. The minimum Gasteiger partial charge on any atom is -0.387 e. The molecule has 0 spiro atoms. The fraction of sp³-hybridized carbons (Fsp3) is 0.615. The number of ether oxygens (including phenoxy) is 1. The van der Waals surface area contributed by atoms with Gasteiger partial charge in [0.25, 0.3) is 0 Å². The Kier molecular flexibility index (Phi) is 4.84. The van der Waals surface area contributed by atoms with Crippen molar-refractivity contribution in [2.45, 2.75) is 44.0 Å². The molecule has 27 heavy (non-hydrogen) atoms. The summed E-state index contributed by atoms with van der Waals surface area (Å²) in [5.41, 5.74) is 4.77. The molecule has 0 aliphatic carbocycles. The van der Waals surface area contributed by atoms with Crippen molar-refractivity contribution in [1.29, 1.82) is 0 Å². The van der Waals surface area contributed by atoms with Crippen LogP contribution in [-0.4, -0.2) is 68.4 Å². The monoisotopic (exact) mass is 404 g/mol. The Labute approximate surface area is 153 Å². The highest BCUT2D eigenvalue weighted by molar-refractivity contribution is 7.84. The molecule has 1 fully saturated rings. The van der Waals surface area contributed by atoms with Crippen LogP contribution in [0, 0.1) is 0 Å². The van der Waals surface area contributed by atoms with Gasteiger partial charge in [0.05, 0.1) is 12.0 Å². The van der Waals surface area contributed by atoms with E-state index in [9.17, 15) is 23.7 Å². The normalized spacial score (nSPS) is 26.7. The SMILES string of the molecule is CC(C)(O)c1nn([C@@H]2O[C@H](COS(N)(=O)=O)[C@@H](O)[C@H]2O)c2ncnc(N)c12. The van der Waals surface area contributed by atoms with Crippen LogP contribution in [0.3, 0.4) is 0 Å². The Morgan fingerprint density at radius 3 is 2.59 bits per heavy atom. The second kappa shape index (κ2) is 6.59. The van der Waals surface area contributed by atoms with Gasteiger partial charge >= 0.3 is 10.3 Å². The van der Waals surface area contributed by atoms with Crippen LogP contribution in [0.4, 0.5) is 5.82 Å². The number of hydrogen-bond acceptors (Lipinski definition) is 11. The highest BCUT2D eigenvalue weighted by Crippen LogP contribution is 2.35. The van der Waals surface area contributed by atoms with E-state index in [4.69, 9.17) is 15.6 Å². The number of aromatic nitrogens is 4. The molecule has 14 heteroatoms. The Hall–Kier alpha value is -1.94. The number of aliphatic hydroxyl groups is 3. The lowest BCUT2D eigenvalue weighted by Crippen LogP contribution is -2.35. The Balaban J connectivity index is 2.02. The van der Waals surface area contributed by atoms with Gasteiger partial charge in [-0.15, -0.1) is 0 Å². The minimum absolute atomic E-state index is 0.0607. The number of nitrogens with zero attached hydrogens (tertiary/aromatic N) is 4. The Bertz CT molecular complexity index is 956. The molecule has 0 aromatic carbocycles. The molecule has 7 N–H and O–H groups in total. The average molecular weight is 404 g/mol. The second-order valence-corrected chi connectivity index (χ2v) is 7.85. The van der Waals surface area contributed by atoms with E-state index in [-0.39, 0.29) is 22.5 Å². The topological polar surface area (TPSA) is 209 Å². The zero-order valence-electron chi connectivity index (χ0n) is 14.4. The van der Waals surface area contributed by atoms with Crippen molar-refractivity contribution in [3.05, 3.63) is 12.0 Å². The number of fused-ring (bicyclic) bond motifs is 1. The first kappa shape index (κ1) is 19.8. The first-order chi connectivity index (χ1) is 12.4. The fourth-order valence-corrected chi connectivity index (χ4v) is 3.16. The maximum Gasteiger partial charge on any atom is 0.333 e. The quantitative estimate of drug-likeness (QED) is 0.351. The largest absolute Gasteiger partial charge is 0.387 e. The summed E-state index contributed by atoms with van der Waals surface area (Å²) in [5, 5.41) is 40.1. The lowest BCUT2D eigenvalue weighted by atomic mass is 10.0. The molecule has 3 heterocycles. The predicted molar refractivity (Wildman–Crippen MR) is 90.0 cm³/mol. The average Bonchev–Trinajstić information content (AvgIpc) is 3.05. The van der Waals surface area contributed by atoms with Crippen LogP contribution in [0.15, 0.2) is 6.33 Å². The molecular weight excluding hydrogens is 384 g/mol. The van der Waals surface area contributed by atoms with Crippen LogP contribution in [0.1, 0.15) is 25.8 Å². The number of hydrogen-bond donors (Lipinski definition) is 5. The van der Waals surface area contributed by atoms with Gasteiger partial charge in [0.1, 0.15) is 41.8 Å².